The van der Waals surface area contributed by atoms with E-state index in [9.17, 15) is 18.8 Å². The Hall–Kier alpha value is -3.42. The maximum absolute atomic E-state index is 13.9. The molecule has 0 saturated heterocycles. The lowest BCUT2D eigenvalue weighted by Crippen LogP contribution is -2.54. The van der Waals surface area contributed by atoms with Gasteiger partial charge in [-0.05, 0) is 57.0 Å². The third-order valence-electron chi connectivity index (χ3n) is 5.00. The Bertz CT molecular complexity index is 1030. The molecule has 0 spiro atoms. The van der Waals surface area contributed by atoms with Gasteiger partial charge in [0.1, 0.15) is 18.1 Å². The maximum atomic E-state index is 13.9. The number of hydrogen-bond donors (Lipinski definition) is 2. The monoisotopic (exact) mass is 411 g/mol. The van der Waals surface area contributed by atoms with Gasteiger partial charge in [0, 0.05) is 11.6 Å². The van der Waals surface area contributed by atoms with Crippen LogP contribution in [-0.4, -0.2) is 35.9 Å². The van der Waals surface area contributed by atoms with Gasteiger partial charge in [-0.3, -0.25) is 19.3 Å². The van der Waals surface area contributed by atoms with Gasteiger partial charge in [0.05, 0.1) is 11.4 Å². The fourth-order valence-corrected chi connectivity index (χ4v) is 3.26. The summed E-state index contributed by atoms with van der Waals surface area (Å²) in [4.78, 5) is 39.2. The van der Waals surface area contributed by atoms with Crippen LogP contribution in [0.5, 0.6) is 5.75 Å². The highest BCUT2D eigenvalue weighted by molar-refractivity contribution is 6.08. The van der Waals surface area contributed by atoms with Crippen molar-refractivity contribution in [2.75, 3.05) is 16.8 Å². The Labute approximate surface area is 173 Å². The number of carbonyl (C=O) groups is 3. The standard InChI is InChI=1S/C22H22FN3O4/c1-22(2)21(29)26(12-19(27)25-16-6-4-3-5-15(16)23)17-11-13(7-10-18(17)30-22)20(28)24-14-8-9-14/h3-7,10-11,14H,8-9,12H2,1-2H3,(H,24,28)(H,25,27). The van der Waals surface area contributed by atoms with E-state index in [0.717, 1.165) is 12.8 Å². The molecular weight excluding hydrogens is 389 g/mol. The molecule has 2 aliphatic rings. The van der Waals surface area contributed by atoms with Gasteiger partial charge in [-0.1, -0.05) is 12.1 Å². The number of amides is 3. The molecule has 2 N–H and O–H groups in total. The van der Waals surface area contributed by atoms with Crippen LogP contribution in [0.1, 0.15) is 37.0 Å². The summed E-state index contributed by atoms with van der Waals surface area (Å²) in [5, 5.41) is 5.37. The minimum atomic E-state index is -1.19. The molecular formula is C22H22FN3O4. The van der Waals surface area contributed by atoms with E-state index in [-0.39, 0.29) is 24.2 Å². The van der Waals surface area contributed by atoms with Crippen molar-refractivity contribution in [2.24, 2.45) is 0 Å². The summed E-state index contributed by atoms with van der Waals surface area (Å²) in [5.74, 6) is -1.42. The predicted molar refractivity (Wildman–Crippen MR) is 109 cm³/mol. The van der Waals surface area contributed by atoms with Crippen LogP contribution in [0, 0.1) is 5.82 Å². The SMILES string of the molecule is CC1(C)Oc2ccc(C(=O)NC3CC3)cc2N(CC(=O)Nc2ccccc2F)C1=O. The minimum absolute atomic E-state index is 0.0280. The van der Waals surface area contributed by atoms with Crippen LogP contribution in [0.4, 0.5) is 15.8 Å². The Morgan fingerprint density at radius 2 is 1.93 bits per heavy atom. The summed E-state index contributed by atoms with van der Waals surface area (Å²) in [6.07, 6.45) is 1.91. The van der Waals surface area contributed by atoms with Gasteiger partial charge < -0.3 is 15.4 Å². The molecule has 7 nitrogen and oxygen atoms in total. The van der Waals surface area contributed by atoms with E-state index in [1.807, 2.05) is 0 Å². The molecule has 2 aromatic rings. The van der Waals surface area contributed by atoms with E-state index in [0.29, 0.717) is 17.0 Å². The normalized spacial score (nSPS) is 17.0. The molecule has 1 saturated carbocycles. The molecule has 0 radical (unpaired) electrons. The Balaban J connectivity index is 1.61. The van der Waals surface area contributed by atoms with E-state index in [1.165, 1.54) is 29.2 Å². The average Bonchev–Trinajstić information content (AvgIpc) is 3.51. The van der Waals surface area contributed by atoms with Gasteiger partial charge in [-0.25, -0.2) is 4.39 Å². The highest BCUT2D eigenvalue weighted by Gasteiger charge is 2.42. The molecule has 0 atom stereocenters. The fraction of sp³-hybridized carbons (Fsp3) is 0.318. The summed E-state index contributed by atoms with van der Waals surface area (Å²) in [7, 11) is 0. The molecule has 30 heavy (non-hydrogen) atoms. The summed E-state index contributed by atoms with van der Waals surface area (Å²) in [6, 6.07) is 10.8. The number of nitrogens with one attached hydrogen (secondary N) is 2. The van der Waals surface area contributed by atoms with Gasteiger partial charge in [0.25, 0.3) is 11.8 Å². The van der Waals surface area contributed by atoms with Crippen LogP contribution in [0.15, 0.2) is 42.5 Å². The highest BCUT2D eigenvalue weighted by Crippen LogP contribution is 2.38. The molecule has 1 aliphatic heterocycles. The van der Waals surface area contributed by atoms with Crippen molar-refractivity contribution in [1.82, 2.24) is 5.32 Å². The maximum Gasteiger partial charge on any atom is 0.271 e. The molecule has 1 heterocycles. The van der Waals surface area contributed by atoms with E-state index >= 15 is 0 Å². The average molecular weight is 411 g/mol. The third-order valence-corrected chi connectivity index (χ3v) is 5.00. The first-order valence-corrected chi connectivity index (χ1v) is 9.75. The molecule has 0 bridgehead atoms. The third kappa shape index (κ3) is 3.98. The van der Waals surface area contributed by atoms with E-state index in [1.54, 1.807) is 32.0 Å². The molecule has 1 aliphatic carbocycles. The number of carbonyl (C=O) groups excluding carboxylic acids is 3. The van der Waals surface area contributed by atoms with Crippen molar-refractivity contribution in [3.05, 3.63) is 53.8 Å². The quantitative estimate of drug-likeness (QED) is 0.792. The minimum Gasteiger partial charge on any atom is -0.476 e. The van der Waals surface area contributed by atoms with E-state index in [2.05, 4.69) is 10.6 Å². The molecule has 4 rings (SSSR count). The number of fused-ring (bicyclic) bond motifs is 1. The van der Waals surface area contributed by atoms with Gasteiger partial charge >= 0.3 is 0 Å². The highest BCUT2D eigenvalue weighted by atomic mass is 19.1. The van der Waals surface area contributed by atoms with Crippen molar-refractivity contribution < 1.29 is 23.5 Å². The lowest BCUT2D eigenvalue weighted by atomic mass is 10.0. The molecule has 0 unspecified atom stereocenters. The van der Waals surface area contributed by atoms with Gasteiger partial charge in [0.2, 0.25) is 5.91 Å². The van der Waals surface area contributed by atoms with Crippen molar-refractivity contribution >= 4 is 29.1 Å². The lowest BCUT2D eigenvalue weighted by molar-refractivity contribution is -0.133. The molecule has 3 amide bonds. The van der Waals surface area contributed by atoms with Crippen LogP contribution in [-0.2, 0) is 9.59 Å². The van der Waals surface area contributed by atoms with Crippen molar-refractivity contribution in [3.63, 3.8) is 0 Å². The number of para-hydroxylation sites is 1. The lowest BCUT2D eigenvalue weighted by Gasteiger charge is -2.38. The number of rotatable bonds is 5. The number of anilines is 2. The number of ether oxygens (including phenoxy) is 1. The second-order valence-corrected chi connectivity index (χ2v) is 7.96. The van der Waals surface area contributed by atoms with Crippen molar-refractivity contribution in [2.45, 2.75) is 38.3 Å². The van der Waals surface area contributed by atoms with Crippen molar-refractivity contribution in [1.29, 1.82) is 0 Å². The Kier molecular flexibility index (Phi) is 4.93. The zero-order chi connectivity index (χ0) is 21.5. The molecule has 1 fully saturated rings. The summed E-state index contributed by atoms with van der Waals surface area (Å²) >= 11 is 0. The van der Waals surface area contributed by atoms with Crippen molar-refractivity contribution in [3.8, 4) is 5.75 Å². The first-order chi connectivity index (χ1) is 14.2. The molecule has 8 heteroatoms. The van der Waals surface area contributed by atoms with E-state index in [4.69, 9.17) is 4.74 Å². The second-order valence-electron chi connectivity index (χ2n) is 7.96. The smallest absolute Gasteiger partial charge is 0.271 e. The number of halogens is 1. The van der Waals surface area contributed by atoms with Gasteiger partial charge in [-0.2, -0.15) is 0 Å². The topological polar surface area (TPSA) is 87.7 Å². The van der Waals surface area contributed by atoms with Crippen LogP contribution >= 0.6 is 0 Å². The van der Waals surface area contributed by atoms with Crippen LogP contribution in [0.2, 0.25) is 0 Å². The summed E-state index contributed by atoms with van der Waals surface area (Å²) < 4.78 is 19.7. The number of hydrogen-bond acceptors (Lipinski definition) is 4. The zero-order valence-electron chi connectivity index (χ0n) is 16.7. The summed E-state index contributed by atoms with van der Waals surface area (Å²) in [5.41, 5.74) is -0.466. The number of nitrogens with zero attached hydrogens (tertiary/aromatic N) is 1. The largest absolute Gasteiger partial charge is 0.476 e. The first-order valence-electron chi connectivity index (χ1n) is 9.75. The van der Waals surface area contributed by atoms with Crippen LogP contribution in [0.3, 0.4) is 0 Å². The zero-order valence-corrected chi connectivity index (χ0v) is 16.7. The summed E-state index contributed by atoms with van der Waals surface area (Å²) in [6.45, 7) is 2.86. The van der Waals surface area contributed by atoms with E-state index < -0.39 is 23.2 Å². The fourth-order valence-electron chi connectivity index (χ4n) is 3.26. The first kappa shape index (κ1) is 19.9. The van der Waals surface area contributed by atoms with Gasteiger partial charge in [0.15, 0.2) is 5.60 Å². The molecule has 0 aromatic heterocycles. The van der Waals surface area contributed by atoms with Crippen LogP contribution in [0.25, 0.3) is 0 Å². The predicted octanol–water partition coefficient (Wildman–Crippen LogP) is 2.86. The molecule has 156 valence electrons. The van der Waals surface area contributed by atoms with Gasteiger partial charge in [-0.15, -0.1) is 0 Å². The number of benzene rings is 2. The Morgan fingerprint density at radius 1 is 1.20 bits per heavy atom. The second kappa shape index (κ2) is 7.44. The van der Waals surface area contributed by atoms with Crippen LogP contribution < -0.4 is 20.3 Å². The molecule has 2 aromatic carbocycles. The Morgan fingerprint density at radius 3 is 2.63 bits per heavy atom.